The van der Waals surface area contributed by atoms with Crippen LogP contribution in [0, 0.1) is 5.92 Å². The third-order valence-corrected chi connectivity index (χ3v) is 7.06. The third-order valence-electron chi connectivity index (χ3n) is 7.06. The standard InChI is InChI=1S/C26H31F2N5/c1-4-18-5-7-20(8-6-18)22-16-33(15-19-9-11-26(27,28)12-10-19)23-13-21(14-29-24(22)23)25-17(2)30-31-32(25)3/h5-8,13-14,16,19,30-31H,4,9-12,15H2,1-3H3. The van der Waals surface area contributed by atoms with Crippen molar-refractivity contribution in [2.45, 2.75) is 58.4 Å². The maximum atomic E-state index is 13.7. The van der Waals surface area contributed by atoms with Crippen LogP contribution < -0.4 is 11.0 Å². The van der Waals surface area contributed by atoms with Crippen molar-refractivity contribution in [3.8, 4) is 11.1 Å². The lowest BCUT2D eigenvalue weighted by atomic mass is 9.87. The number of fused-ring (bicyclic) bond motifs is 1. The number of nitrogens with one attached hydrogen (secondary N) is 2. The first-order valence-corrected chi connectivity index (χ1v) is 11.8. The number of aromatic nitrogens is 2. The van der Waals surface area contributed by atoms with Gasteiger partial charge in [0.1, 0.15) is 0 Å². The summed E-state index contributed by atoms with van der Waals surface area (Å²) < 4.78 is 29.7. The van der Waals surface area contributed by atoms with Gasteiger partial charge in [-0.3, -0.25) is 9.99 Å². The maximum absolute atomic E-state index is 13.7. The number of nitrogens with zero attached hydrogens (tertiary/aromatic N) is 3. The van der Waals surface area contributed by atoms with E-state index < -0.39 is 5.92 Å². The Hall–Kier alpha value is -2.93. The third kappa shape index (κ3) is 4.22. The first-order chi connectivity index (χ1) is 15.8. The number of hydrogen-bond acceptors (Lipinski definition) is 4. The summed E-state index contributed by atoms with van der Waals surface area (Å²) in [6.45, 7) is 4.91. The van der Waals surface area contributed by atoms with Gasteiger partial charge >= 0.3 is 0 Å². The van der Waals surface area contributed by atoms with Gasteiger partial charge in [0, 0.05) is 50.0 Å². The van der Waals surface area contributed by atoms with E-state index in [0.717, 1.165) is 52.1 Å². The Morgan fingerprint density at radius 1 is 1.12 bits per heavy atom. The van der Waals surface area contributed by atoms with Crippen molar-refractivity contribution in [2.75, 3.05) is 7.05 Å². The van der Waals surface area contributed by atoms with Crippen LogP contribution in [0.25, 0.3) is 27.9 Å². The summed E-state index contributed by atoms with van der Waals surface area (Å²) in [7, 11) is 1.96. The summed E-state index contributed by atoms with van der Waals surface area (Å²) >= 11 is 0. The average molecular weight is 452 g/mol. The molecule has 0 saturated heterocycles. The maximum Gasteiger partial charge on any atom is 0.248 e. The van der Waals surface area contributed by atoms with Crippen molar-refractivity contribution >= 4 is 16.7 Å². The van der Waals surface area contributed by atoms with Crippen molar-refractivity contribution < 1.29 is 8.78 Å². The van der Waals surface area contributed by atoms with Gasteiger partial charge in [-0.1, -0.05) is 31.2 Å². The SMILES string of the molecule is CCc1ccc(-c2cn(CC3CCC(F)(F)CC3)c3cc(C4=C(C)NNN4C)cnc23)cc1. The van der Waals surface area contributed by atoms with Crippen LogP contribution in [-0.2, 0) is 13.0 Å². The monoisotopic (exact) mass is 451 g/mol. The first kappa shape index (κ1) is 21.9. The molecule has 0 amide bonds. The van der Waals surface area contributed by atoms with Crippen molar-refractivity contribution in [3.63, 3.8) is 0 Å². The molecule has 5 nitrogen and oxygen atoms in total. The molecule has 1 aliphatic carbocycles. The van der Waals surface area contributed by atoms with Crippen LogP contribution in [0.15, 0.2) is 48.4 Å². The molecule has 0 spiro atoms. The highest BCUT2D eigenvalue weighted by Crippen LogP contribution is 2.38. The van der Waals surface area contributed by atoms with E-state index in [1.807, 2.05) is 25.2 Å². The zero-order chi connectivity index (χ0) is 23.2. The molecule has 0 radical (unpaired) electrons. The fourth-order valence-electron chi connectivity index (χ4n) is 5.08. The molecule has 3 aromatic rings. The lowest BCUT2D eigenvalue weighted by molar-refractivity contribution is -0.0472. The summed E-state index contributed by atoms with van der Waals surface area (Å²) in [5, 5.41) is 1.94. The number of pyridine rings is 1. The molecular formula is C26H31F2N5. The van der Waals surface area contributed by atoms with Crippen LogP contribution in [0.2, 0.25) is 0 Å². The van der Waals surface area contributed by atoms with Gasteiger partial charge in [-0.05, 0) is 49.3 Å². The van der Waals surface area contributed by atoms with Crippen LogP contribution in [0.5, 0.6) is 0 Å². The molecule has 2 aliphatic rings. The van der Waals surface area contributed by atoms with E-state index in [2.05, 4.69) is 59.0 Å². The van der Waals surface area contributed by atoms with Crippen molar-refractivity contribution in [3.05, 3.63) is 59.5 Å². The molecule has 1 saturated carbocycles. The van der Waals surface area contributed by atoms with E-state index in [1.165, 1.54) is 5.56 Å². The Bertz CT molecular complexity index is 1190. The number of hydrazine groups is 2. The van der Waals surface area contributed by atoms with Crippen LogP contribution in [-0.4, -0.2) is 27.5 Å². The van der Waals surface area contributed by atoms with E-state index in [4.69, 9.17) is 4.98 Å². The van der Waals surface area contributed by atoms with Gasteiger partial charge in [-0.25, -0.2) is 8.78 Å². The molecule has 1 aromatic carbocycles. The molecule has 33 heavy (non-hydrogen) atoms. The Balaban J connectivity index is 1.57. The highest BCUT2D eigenvalue weighted by Gasteiger charge is 2.35. The molecular weight excluding hydrogens is 420 g/mol. The first-order valence-electron chi connectivity index (χ1n) is 11.8. The zero-order valence-corrected chi connectivity index (χ0v) is 19.5. The molecule has 0 unspecified atom stereocenters. The van der Waals surface area contributed by atoms with Gasteiger partial charge in [0.25, 0.3) is 0 Å². The number of allylic oxidation sites excluding steroid dienone is 1. The molecule has 2 aromatic heterocycles. The number of rotatable bonds is 5. The number of halogens is 2. The molecule has 2 N–H and O–H groups in total. The molecule has 0 bridgehead atoms. The Morgan fingerprint density at radius 3 is 2.48 bits per heavy atom. The van der Waals surface area contributed by atoms with Gasteiger partial charge in [0.15, 0.2) is 0 Å². The van der Waals surface area contributed by atoms with Gasteiger partial charge in [-0.2, -0.15) is 0 Å². The van der Waals surface area contributed by atoms with Crippen molar-refractivity contribution in [2.24, 2.45) is 5.92 Å². The van der Waals surface area contributed by atoms with E-state index in [1.54, 1.807) is 0 Å². The number of benzene rings is 1. The fraction of sp³-hybridized carbons (Fsp3) is 0.423. The quantitative estimate of drug-likeness (QED) is 0.520. The fourth-order valence-corrected chi connectivity index (χ4v) is 5.08. The van der Waals surface area contributed by atoms with Crippen LogP contribution >= 0.6 is 0 Å². The number of aryl methyl sites for hydroxylation is 1. The zero-order valence-electron chi connectivity index (χ0n) is 19.5. The highest BCUT2D eigenvalue weighted by atomic mass is 19.3. The average Bonchev–Trinajstić information content (AvgIpc) is 3.34. The summed E-state index contributed by atoms with van der Waals surface area (Å²) in [6, 6.07) is 10.8. The van der Waals surface area contributed by atoms with Crippen LogP contribution in [0.1, 0.15) is 50.7 Å². The number of alkyl halides is 2. The Kier molecular flexibility index (Phi) is 5.60. The van der Waals surface area contributed by atoms with Crippen LogP contribution in [0.3, 0.4) is 0 Å². The van der Waals surface area contributed by atoms with Gasteiger partial charge in [-0.15, -0.1) is 5.53 Å². The summed E-state index contributed by atoms with van der Waals surface area (Å²) in [5.41, 5.74) is 14.8. The smallest absolute Gasteiger partial charge is 0.248 e. The second-order valence-electron chi connectivity index (χ2n) is 9.41. The minimum Gasteiger partial charge on any atom is -0.345 e. The predicted octanol–water partition coefficient (Wildman–Crippen LogP) is 5.73. The van der Waals surface area contributed by atoms with Crippen molar-refractivity contribution in [1.29, 1.82) is 0 Å². The highest BCUT2D eigenvalue weighted by molar-refractivity contribution is 5.94. The molecule has 5 rings (SSSR count). The summed E-state index contributed by atoms with van der Waals surface area (Å²) in [6.07, 6.45) is 6.16. The topological polar surface area (TPSA) is 45.1 Å². The van der Waals surface area contributed by atoms with Crippen molar-refractivity contribution in [1.82, 2.24) is 25.5 Å². The normalized spacial score (nSPS) is 18.9. The molecule has 174 valence electrons. The largest absolute Gasteiger partial charge is 0.345 e. The molecule has 3 heterocycles. The minimum atomic E-state index is -2.51. The van der Waals surface area contributed by atoms with Gasteiger partial charge < -0.3 is 9.99 Å². The van der Waals surface area contributed by atoms with Gasteiger partial charge in [0.05, 0.1) is 22.4 Å². The summed E-state index contributed by atoms with van der Waals surface area (Å²) in [5.74, 6) is -2.26. The van der Waals surface area contributed by atoms with E-state index in [9.17, 15) is 8.78 Å². The lowest BCUT2D eigenvalue weighted by Gasteiger charge is -2.28. The van der Waals surface area contributed by atoms with Gasteiger partial charge in [0.2, 0.25) is 5.92 Å². The lowest BCUT2D eigenvalue weighted by Crippen LogP contribution is -2.34. The second-order valence-corrected chi connectivity index (χ2v) is 9.41. The Labute approximate surface area is 193 Å². The second kappa shape index (κ2) is 8.45. The summed E-state index contributed by atoms with van der Waals surface area (Å²) in [4.78, 5) is 4.89. The Morgan fingerprint density at radius 2 is 1.85 bits per heavy atom. The number of hydrogen-bond donors (Lipinski definition) is 2. The molecule has 1 aliphatic heterocycles. The van der Waals surface area contributed by atoms with E-state index in [0.29, 0.717) is 12.8 Å². The minimum absolute atomic E-state index is 0.0140. The molecule has 7 heteroatoms. The van der Waals surface area contributed by atoms with Crippen LogP contribution in [0.4, 0.5) is 8.78 Å². The predicted molar refractivity (Wildman–Crippen MR) is 128 cm³/mol. The molecule has 0 atom stereocenters. The molecule has 1 fully saturated rings. The van der Waals surface area contributed by atoms with E-state index >= 15 is 0 Å². The van der Waals surface area contributed by atoms with E-state index in [-0.39, 0.29) is 18.8 Å².